The second-order valence-electron chi connectivity index (χ2n) is 3.57. The lowest BCUT2D eigenvalue weighted by Gasteiger charge is -2.13. The van der Waals surface area contributed by atoms with E-state index in [1.807, 2.05) is 0 Å². The SMILES string of the molecule is CC(Oc1ccc(F)cc1)c1[nH]ncc1C=O. The highest BCUT2D eigenvalue weighted by molar-refractivity contribution is 5.76. The molecular weight excluding hydrogens is 223 g/mol. The molecule has 0 saturated carbocycles. The zero-order valence-corrected chi connectivity index (χ0v) is 9.18. The lowest BCUT2D eigenvalue weighted by Crippen LogP contribution is -2.06. The molecule has 1 unspecified atom stereocenters. The summed E-state index contributed by atoms with van der Waals surface area (Å²) in [5.74, 6) is 0.213. The first-order valence-corrected chi connectivity index (χ1v) is 5.11. The Morgan fingerprint density at radius 2 is 2.12 bits per heavy atom. The molecule has 4 nitrogen and oxygen atoms in total. The molecule has 0 spiro atoms. The molecule has 0 saturated heterocycles. The molecule has 0 amide bonds. The number of H-pyrrole nitrogens is 1. The Morgan fingerprint density at radius 1 is 1.41 bits per heavy atom. The minimum Gasteiger partial charge on any atom is -0.484 e. The van der Waals surface area contributed by atoms with Gasteiger partial charge >= 0.3 is 0 Å². The van der Waals surface area contributed by atoms with Gasteiger partial charge in [-0.2, -0.15) is 5.10 Å². The minimum atomic E-state index is -0.358. The highest BCUT2D eigenvalue weighted by Gasteiger charge is 2.14. The van der Waals surface area contributed by atoms with Crippen molar-refractivity contribution in [3.05, 3.63) is 47.5 Å². The normalized spacial score (nSPS) is 12.1. The van der Waals surface area contributed by atoms with Gasteiger partial charge in [-0.15, -0.1) is 0 Å². The molecule has 1 aromatic heterocycles. The number of carbonyl (C=O) groups is 1. The standard InChI is InChI=1S/C12H11FN2O2/c1-8(12-9(7-16)6-14-15-12)17-11-4-2-10(13)3-5-11/h2-8H,1H3,(H,14,15). The van der Waals surface area contributed by atoms with Gasteiger partial charge in [0.1, 0.15) is 17.7 Å². The highest BCUT2D eigenvalue weighted by Crippen LogP contribution is 2.21. The van der Waals surface area contributed by atoms with Crippen LogP contribution in [0.3, 0.4) is 0 Å². The number of benzene rings is 1. The van der Waals surface area contributed by atoms with Crippen LogP contribution in [0.1, 0.15) is 29.1 Å². The van der Waals surface area contributed by atoms with E-state index >= 15 is 0 Å². The van der Waals surface area contributed by atoms with E-state index < -0.39 is 0 Å². The summed E-state index contributed by atoms with van der Waals surface area (Å²) in [6, 6.07) is 5.69. The second kappa shape index (κ2) is 4.78. The van der Waals surface area contributed by atoms with Crippen molar-refractivity contribution in [2.75, 3.05) is 0 Å². The number of rotatable bonds is 4. The van der Waals surface area contributed by atoms with Gasteiger partial charge in [-0.3, -0.25) is 9.89 Å². The van der Waals surface area contributed by atoms with Crippen molar-refractivity contribution in [1.29, 1.82) is 0 Å². The highest BCUT2D eigenvalue weighted by atomic mass is 19.1. The summed E-state index contributed by atoms with van der Waals surface area (Å²) < 4.78 is 18.3. The Hall–Kier alpha value is -2.17. The predicted octanol–water partition coefficient (Wildman–Crippen LogP) is 2.50. The first-order valence-electron chi connectivity index (χ1n) is 5.11. The molecule has 0 fully saturated rings. The number of hydrogen-bond acceptors (Lipinski definition) is 3. The summed E-state index contributed by atoms with van der Waals surface area (Å²) in [4.78, 5) is 10.7. The maximum Gasteiger partial charge on any atom is 0.153 e. The van der Waals surface area contributed by atoms with E-state index in [0.717, 1.165) is 0 Å². The summed E-state index contributed by atoms with van der Waals surface area (Å²) in [5.41, 5.74) is 1.06. The zero-order valence-electron chi connectivity index (χ0n) is 9.18. The number of nitrogens with one attached hydrogen (secondary N) is 1. The van der Waals surface area contributed by atoms with Crippen LogP contribution in [0.2, 0.25) is 0 Å². The molecule has 1 N–H and O–H groups in total. The number of aldehydes is 1. The fourth-order valence-corrected chi connectivity index (χ4v) is 1.50. The third-order valence-corrected chi connectivity index (χ3v) is 2.36. The fourth-order valence-electron chi connectivity index (χ4n) is 1.50. The minimum absolute atomic E-state index is 0.319. The third kappa shape index (κ3) is 2.50. The van der Waals surface area contributed by atoms with Crippen LogP contribution < -0.4 is 4.74 Å². The number of ether oxygens (including phenoxy) is 1. The molecular formula is C12H11FN2O2. The van der Waals surface area contributed by atoms with E-state index in [9.17, 15) is 9.18 Å². The largest absolute Gasteiger partial charge is 0.484 e. The van der Waals surface area contributed by atoms with Gasteiger partial charge < -0.3 is 4.74 Å². The summed E-state index contributed by atoms with van der Waals surface area (Å²) in [6.45, 7) is 1.78. The van der Waals surface area contributed by atoms with Crippen molar-refractivity contribution in [2.24, 2.45) is 0 Å². The fraction of sp³-hybridized carbons (Fsp3) is 0.167. The summed E-state index contributed by atoms with van der Waals surface area (Å²) in [7, 11) is 0. The maximum atomic E-state index is 12.7. The van der Waals surface area contributed by atoms with Gasteiger partial charge in [0, 0.05) is 0 Å². The topological polar surface area (TPSA) is 55.0 Å². The Bertz CT molecular complexity index is 507. The smallest absolute Gasteiger partial charge is 0.153 e. The van der Waals surface area contributed by atoms with E-state index in [1.165, 1.54) is 30.5 Å². The van der Waals surface area contributed by atoms with Crippen LogP contribution in [0.5, 0.6) is 5.75 Å². The summed E-state index contributed by atoms with van der Waals surface area (Å²) in [5, 5.41) is 6.48. The number of aromatic nitrogens is 2. The van der Waals surface area contributed by atoms with Crippen LogP contribution in [-0.2, 0) is 0 Å². The average Bonchev–Trinajstić information content (AvgIpc) is 2.80. The van der Waals surface area contributed by atoms with E-state index in [1.54, 1.807) is 6.92 Å². The zero-order chi connectivity index (χ0) is 12.3. The Morgan fingerprint density at radius 3 is 2.76 bits per heavy atom. The average molecular weight is 234 g/mol. The number of carbonyl (C=O) groups excluding carboxylic acids is 1. The van der Waals surface area contributed by atoms with Crippen molar-refractivity contribution >= 4 is 6.29 Å². The van der Waals surface area contributed by atoms with Crippen LogP contribution in [-0.4, -0.2) is 16.5 Å². The van der Waals surface area contributed by atoms with Gasteiger partial charge in [0.05, 0.1) is 17.5 Å². The van der Waals surface area contributed by atoms with Crippen molar-refractivity contribution in [3.8, 4) is 5.75 Å². The molecule has 0 aliphatic rings. The Labute approximate surface area is 97.4 Å². The van der Waals surface area contributed by atoms with E-state index in [4.69, 9.17) is 4.74 Å². The molecule has 5 heteroatoms. The lowest BCUT2D eigenvalue weighted by molar-refractivity contribution is 0.111. The van der Waals surface area contributed by atoms with Gasteiger partial charge in [0.2, 0.25) is 0 Å². The molecule has 17 heavy (non-hydrogen) atoms. The molecule has 0 aliphatic carbocycles. The van der Waals surface area contributed by atoms with Gasteiger partial charge in [0.15, 0.2) is 6.29 Å². The van der Waals surface area contributed by atoms with Crippen LogP contribution in [0.25, 0.3) is 0 Å². The van der Waals surface area contributed by atoms with Crippen molar-refractivity contribution in [1.82, 2.24) is 10.2 Å². The van der Waals surface area contributed by atoms with Gasteiger partial charge in [0.25, 0.3) is 0 Å². The number of hydrogen-bond donors (Lipinski definition) is 1. The molecule has 0 radical (unpaired) electrons. The monoisotopic (exact) mass is 234 g/mol. The van der Waals surface area contributed by atoms with E-state index in [0.29, 0.717) is 23.3 Å². The molecule has 1 aromatic carbocycles. The third-order valence-electron chi connectivity index (χ3n) is 2.36. The van der Waals surface area contributed by atoms with Crippen LogP contribution in [0, 0.1) is 5.82 Å². The number of aromatic amines is 1. The van der Waals surface area contributed by atoms with Gasteiger partial charge in [-0.1, -0.05) is 0 Å². The molecule has 88 valence electrons. The Balaban J connectivity index is 2.14. The first kappa shape index (κ1) is 11.3. The van der Waals surface area contributed by atoms with Gasteiger partial charge in [-0.25, -0.2) is 4.39 Å². The molecule has 0 bridgehead atoms. The molecule has 1 heterocycles. The Kier molecular flexibility index (Phi) is 3.18. The number of nitrogens with zero attached hydrogens (tertiary/aromatic N) is 1. The lowest BCUT2D eigenvalue weighted by atomic mass is 10.2. The van der Waals surface area contributed by atoms with Crippen LogP contribution in [0.4, 0.5) is 4.39 Å². The van der Waals surface area contributed by atoms with Crippen molar-refractivity contribution < 1.29 is 13.9 Å². The van der Waals surface area contributed by atoms with Crippen molar-refractivity contribution in [3.63, 3.8) is 0 Å². The van der Waals surface area contributed by atoms with Gasteiger partial charge in [-0.05, 0) is 31.2 Å². The van der Waals surface area contributed by atoms with Crippen molar-refractivity contribution in [2.45, 2.75) is 13.0 Å². The summed E-state index contributed by atoms with van der Waals surface area (Å²) in [6.07, 6.45) is 1.79. The van der Waals surface area contributed by atoms with E-state index in [-0.39, 0.29) is 11.9 Å². The molecule has 0 aliphatic heterocycles. The van der Waals surface area contributed by atoms with E-state index in [2.05, 4.69) is 10.2 Å². The van der Waals surface area contributed by atoms with Crippen LogP contribution >= 0.6 is 0 Å². The maximum absolute atomic E-state index is 12.7. The molecule has 2 aromatic rings. The summed E-state index contributed by atoms with van der Waals surface area (Å²) >= 11 is 0. The first-order chi connectivity index (χ1) is 8.20. The second-order valence-corrected chi connectivity index (χ2v) is 3.57. The van der Waals surface area contributed by atoms with Crippen LogP contribution in [0.15, 0.2) is 30.5 Å². The number of halogens is 1. The quantitative estimate of drug-likeness (QED) is 0.827. The molecule has 2 rings (SSSR count). The predicted molar refractivity (Wildman–Crippen MR) is 59.4 cm³/mol. The molecule has 1 atom stereocenters.